The maximum atomic E-state index is 12.3. The molecule has 0 aliphatic carbocycles. The van der Waals surface area contributed by atoms with Crippen molar-refractivity contribution in [2.24, 2.45) is 0 Å². The molecule has 3 rings (SSSR count). The van der Waals surface area contributed by atoms with Gasteiger partial charge >= 0.3 is 0 Å². The number of nitrogens with zero attached hydrogens (tertiary/aromatic N) is 1. The molecule has 0 radical (unpaired) electrons. The van der Waals surface area contributed by atoms with Crippen LogP contribution in [0.4, 0.5) is 5.69 Å². The third-order valence-electron chi connectivity index (χ3n) is 4.37. The standard InChI is InChI=1S/C19H19ClN2O2/c1-12-3-8-17(9-13(12)2)22-11-16(10-18(22)23)21-19(24)14-4-6-15(20)7-5-14/h3-9,16H,10-11H2,1-2H3,(H,21,24). The predicted molar refractivity (Wildman–Crippen MR) is 95.6 cm³/mol. The molecule has 24 heavy (non-hydrogen) atoms. The van der Waals surface area contributed by atoms with Crippen LogP contribution in [0.3, 0.4) is 0 Å². The van der Waals surface area contributed by atoms with E-state index in [1.807, 2.05) is 32.0 Å². The Kier molecular flexibility index (Phi) is 4.58. The number of carbonyl (C=O) groups is 2. The summed E-state index contributed by atoms with van der Waals surface area (Å²) in [4.78, 5) is 26.3. The first kappa shape index (κ1) is 16.5. The van der Waals surface area contributed by atoms with E-state index in [9.17, 15) is 9.59 Å². The predicted octanol–water partition coefficient (Wildman–Crippen LogP) is 3.49. The molecule has 4 nitrogen and oxygen atoms in total. The number of halogens is 1. The van der Waals surface area contributed by atoms with Crippen LogP contribution in [0.15, 0.2) is 42.5 Å². The van der Waals surface area contributed by atoms with Crippen LogP contribution in [0, 0.1) is 13.8 Å². The number of nitrogens with one attached hydrogen (secondary N) is 1. The highest BCUT2D eigenvalue weighted by molar-refractivity contribution is 6.30. The molecule has 5 heteroatoms. The Morgan fingerprint density at radius 3 is 2.50 bits per heavy atom. The van der Waals surface area contributed by atoms with Crippen molar-refractivity contribution in [3.05, 3.63) is 64.2 Å². The molecule has 1 heterocycles. The molecule has 1 saturated heterocycles. The fourth-order valence-electron chi connectivity index (χ4n) is 2.82. The van der Waals surface area contributed by atoms with Gasteiger partial charge in [0.15, 0.2) is 0 Å². The molecule has 2 aromatic rings. The van der Waals surface area contributed by atoms with Crippen LogP contribution in [0.25, 0.3) is 0 Å². The van der Waals surface area contributed by atoms with Gasteiger partial charge in [-0.05, 0) is 61.4 Å². The van der Waals surface area contributed by atoms with Gasteiger partial charge in [0, 0.05) is 29.2 Å². The lowest BCUT2D eigenvalue weighted by Gasteiger charge is -2.18. The largest absolute Gasteiger partial charge is 0.347 e. The summed E-state index contributed by atoms with van der Waals surface area (Å²) in [6.07, 6.45) is 0.312. The van der Waals surface area contributed by atoms with E-state index >= 15 is 0 Å². The number of carbonyl (C=O) groups excluding carboxylic acids is 2. The van der Waals surface area contributed by atoms with Crippen LogP contribution in [-0.4, -0.2) is 24.4 Å². The van der Waals surface area contributed by atoms with Crippen LogP contribution in [0.2, 0.25) is 5.02 Å². The first-order valence-electron chi connectivity index (χ1n) is 7.88. The molecule has 0 bridgehead atoms. The van der Waals surface area contributed by atoms with Gasteiger partial charge in [-0.2, -0.15) is 0 Å². The third-order valence-corrected chi connectivity index (χ3v) is 4.62. The lowest BCUT2D eigenvalue weighted by atomic mass is 10.1. The summed E-state index contributed by atoms with van der Waals surface area (Å²) in [6.45, 7) is 4.56. The number of hydrogen-bond acceptors (Lipinski definition) is 2. The normalized spacial score (nSPS) is 17.2. The number of amides is 2. The molecule has 1 aliphatic heterocycles. The fourth-order valence-corrected chi connectivity index (χ4v) is 2.94. The third kappa shape index (κ3) is 3.44. The number of aryl methyl sites for hydroxylation is 2. The van der Waals surface area contributed by atoms with Crippen molar-refractivity contribution in [2.45, 2.75) is 26.3 Å². The first-order valence-corrected chi connectivity index (χ1v) is 8.26. The summed E-state index contributed by atoms with van der Waals surface area (Å²) in [6, 6.07) is 12.5. The van der Waals surface area contributed by atoms with Gasteiger partial charge in [-0.15, -0.1) is 0 Å². The SMILES string of the molecule is Cc1ccc(N2CC(NC(=O)c3ccc(Cl)cc3)CC2=O)cc1C. The van der Waals surface area contributed by atoms with Gasteiger partial charge in [0.1, 0.15) is 0 Å². The van der Waals surface area contributed by atoms with E-state index in [0.717, 1.165) is 11.3 Å². The Bertz CT molecular complexity index is 786. The average Bonchev–Trinajstić information content (AvgIpc) is 2.91. The first-order chi connectivity index (χ1) is 11.4. The highest BCUT2D eigenvalue weighted by atomic mass is 35.5. The van der Waals surface area contributed by atoms with E-state index in [1.54, 1.807) is 29.2 Å². The Morgan fingerprint density at radius 2 is 1.83 bits per heavy atom. The number of benzene rings is 2. The van der Waals surface area contributed by atoms with Crippen LogP contribution >= 0.6 is 11.6 Å². The molecule has 1 aliphatic rings. The van der Waals surface area contributed by atoms with Crippen molar-refractivity contribution in [2.75, 3.05) is 11.4 Å². The summed E-state index contributed by atoms with van der Waals surface area (Å²) >= 11 is 5.83. The van der Waals surface area contributed by atoms with Crippen molar-refractivity contribution >= 4 is 29.1 Å². The summed E-state index contributed by atoms with van der Waals surface area (Å²) < 4.78 is 0. The zero-order valence-electron chi connectivity index (χ0n) is 13.7. The van der Waals surface area contributed by atoms with Gasteiger partial charge in [0.2, 0.25) is 5.91 Å². The van der Waals surface area contributed by atoms with Gasteiger partial charge in [0.25, 0.3) is 5.91 Å². The molecule has 1 N–H and O–H groups in total. The second-order valence-electron chi connectivity index (χ2n) is 6.15. The minimum absolute atomic E-state index is 0.0275. The van der Waals surface area contributed by atoms with Crippen molar-refractivity contribution in [3.8, 4) is 0 Å². The Morgan fingerprint density at radius 1 is 1.12 bits per heavy atom. The molecule has 2 aromatic carbocycles. The van der Waals surface area contributed by atoms with Crippen molar-refractivity contribution in [1.82, 2.24) is 5.32 Å². The molecule has 124 valence electrons. The van der Waals surface area contributed by atoms with Crippen LogP contribution in [-0.2, 0) is 4.79 Å². The maximum absolute atomic E-state index is 12.3. The van der Waals surface area contributed by atoms with E-state index in [4.69, 9.17) is 11.6 Å². The lowest BCUT2D eigenvalue weighted by Crippen LogP contribution is -2.37. The molecule has 0 saturated carbocycles. The van der Waals surface area contributed by atoms with Crippen LogP contribution in [0.1, 0.15) is 27.9 Å². The van der Waals surface area contributed by atoms with E-state index in [-0.39, 0.29) is 17.9 Å². The second-order valence-corrected chi connectivity index (χ2v) is 6.59. The highest BCUT2D eigenvalue weighted by Crippen LogP contribution is 2.24. The topological polar surface area (TPSA) is 49.4 Å². The molecule has 1 unspecified atom stereocenters. The lowest BCUT2D eigenvalue weighted by molar-refractivity contribution is -0.117. The molecule has 0 spiro atoms. The molecular formula is C19H19ClN2O2. The van der Waals surface area contributed by atoms with E-state index in [0.29, 0.717) is 23.6 Å². The Balaban J connectivity index is 1.69. The van der Waals surface area contributed by atoms with E-state index in [2.05, 4.69) is 5.32 Å². The van der Waals surface area contributed by atoms with Crippen LogP contribution < -0.4 is 10.2 Å². The summed E-state index contributed by atoms with van der Waals surface area (Å²) in [5.41, 5.74) is 3.76. The van der Waals surface area contributed by atoms with E-state index in [1.165, 1.54) is 5.56 Å². The quantitative estimate of drug-likeness (QED) is 0.928. The molecule has 0 aromatic heterocycles. The molecule has 1 fully saturated rings. The van der Waals surface area contributed by atoms with Gasteiger partial charge in [0.05, 0.1) is 6.04 Å². The summed E-state index contributed by atoms with van der Waals surface area (Å²) in [5.74, 6) is -0.161. The Hall–Kier alpha value is -2.33. The van der Waals surface area contributed by atoms with E-state index < -0.39 is 0 Å². The average molecular weight is 343 g/mol. The zero-order valence-corrected chi connectivity index (χ0v) is 14.4. The summed E-state index contributed by atoms with van der Waals surface area (Å²) in [5, 5.41) is 3.51. The van der Waals surface area contributed by atoms with Gasteiger partial charge in [-0.3, -0.25) is 9.59 Å². The zero-order chi connectivity index (χ0) is 17.3. The minimum Gasteiger partial charge on any atom is -0.347 e. The number of rotatable bonds is 3. The summed E-state index contributed by atoms with van der Waals surface area (Å²) in [7, 11) is 0. The van der Waals surface area contributed by atoms with Crippen molar-refractivity contribution < 1.29 is 9.59 Å². The minimum atomic E-state index is -0.192. The van der Waals surface area contributed by atoms with Crippen LogP contribution in [0.5, 0.6) is 0 Å². The smallest absolute Gasteiger partial charge is 0.251 e. The Labute approximate surface area is 146 Å². The van der Waals surface area contributed by atoms with Gasteiger partial charge in [-0.1, -0.05) is 17.7 Å². The van der Waals surface area contributed by atoms with Crippen molar-refractivity contribution in [1.29, 1.82) is 0 Å². The second kappa shape index (κ2) is 6.65. The molecular weight excluding hydrogens is 324 g/mol. The monoisotopic (exact) mass is 342 g/mol. The number of hydrogen-bond donors (Lipinski definition) is 1. The molecule has 1 atom stereocenters. The van der Waals surface area contributed by atoms with Crippen molar-refractivity contribution in [3.63, 3.8) is 0 Å². The van der Waals surface area contributed by atoms with Gasteiger partial charge < -0.3 is 10.2 Å². The number of anilines is 1. The highest BCUT2D eigenvalue weighted by Gasteiger charge is 2.31. The maximum Gasteiger partial charge on any atom is 0.251 e. The van der Waals surface area contributed by atoms with Gasteiger partial charge in [-0.25, -0.2) is 0 Å². The molecule has 2 amide bonds. The fraction of sp³-hybridized carbons (Fsp3) is 0.263.